The first kappa shape index (κ1) is 30.0. The molecule has 4 rings (SSSR count). The molecule has 2 amide bonds. The predicted molar refractivity (Wildman–Crippen MR) is 145 cm³/mol. The number of fused-ring (bicyclic) bond motifs is 1. The van der Waals surface area contributed by atoms with Crippen LogP contribution in [0.3, 0.4) is 0 Å². The number of hydrogen-bond acceptors (Lipinski definition) is 7. The molecule has 0 bridgehead atoms. The fourth-order valence-corrected chi connectivity index (χ4v) is 5.34. The van der Waals surface area contributed by atoms with E-state index in [1.807, 2.05) is 32.8 Å². The molecule has 2 aliphatic heterocycles. The summed E-state index contributed by atoms with van der Waals surface area (Å²) in [5.41, 5.74) is 1.31. The van der Waals surface area contributed by atoms with Crippen LogP contribution >= 0.6 is 0 Å². The van der Waals surface area contributed by atoms with Gasteiger partial charge in [0.05, 0.1) is 12.6 Å². The van der Waals surface area contributed by atoms with Gasteiger partial charge < -0.3 is 25.2 Å². The Kier molecular flexibility index (Phi) is 8.71. The van der Waals surface area contributed by atoms with Crippen molar-refractivity contribution in [1.82, 2.24) is 15.5 Å². The smallest absolute Gasteiger partial charge is 0.406 e. The van der Waals surface area contributed by atoms with Gasteiger partial charge in [-0.2, -0.15) is 0 Å². The Morgan fingerprint density at radius 2 is 1.66 bits per heavy atom. The molecule has 9 nitrogen and oxygen atoms in total. The minimum atomic E-state index is -4.88. The molecule has 0 aromatic heterocycles. The zero-order valence-electron chi connectivity index (χ0n) is 23.2. The van der Waals surface area contributed by atoms with Crippen LogP contribution in [-0.2, 0) is 9.59 Å². The molecule has 0 aliphatic carbocycles. The number of likely N-dealkylation sites (tertiary alicyclic amines) is 1. The minimum absolute atomic E-state index is 0.00787. The fourth-order valence-electron chi connectivity index (χ4n) is 5.34. The summed E-state index contributed by atoms with van der Waals surface area (Å²) in [4.78, 5) is 56.8. The topological polar surface area (TPSA) is 108 Å². The number of hydrogen-bond donors (Lipinski definition) is 2. The van der Waals surface area contributed by atoms with Gasteiger partial charge in [-0.15, -0.1) is 13.2 Å². The molecule has 0 spiro atoms. The zero-order valence-corrected chi connectivity index (χ0v) is 23.2. The van der Waals surface area contributed by atoms with Crippen molar-refractivity contribution in [2.24, 2.45) is 5.92 Å². The van der Waals surface area contributed by atoms with Crippen LogP contribution in [0.25, 0.3) is 0 Å². The number of Topliss-reactive ketones (excluding diaryl/α,β-unsaturated/α-hetero) is 2. The molecule has 2 fully saturated rings. The Hall–Kier alpha value is -3.93. The van der Waals surface area contributed by atoms with E-state index in [0.29, 0.717) is 5.56 Å². The number of carbonyl (C=O) groups excluding carboxylic acids is 4. The summed E-state index contributed by atoms with van der Waals surface area (Å²) < 4.78 is 41.6. The number of carbonyl (C=O) groups is 4. The van der Waals surface area contributed by atoms with E-state index in [1.165, 1.54) is 17.0 Å². The van der Waals surface area contributed by atoms with E-state index in [0.717, 1.165) is 17.8 Å². The van der Waals surface area contributed by atoms with Gasteiger partial charge in [-0.1, -0.05) is 13.8 Å². The highest BCUT2D eigenvalue weighted by molar-refractivity contribution is 6.06. The Morgan fingerprint density at radius 3 is 2.22 bits per heavy atom. The third-order valence-electron chi connectivity index (χ3n) is 7.25. The van der Waals surface area contributed by atoms with Crippen molar-refractivity contribution in [3.8, 4) is 5.75 Å². The van der Waals surface area contributed by atoms with Crippen molar-refractivity contribution in [1.29, 1.82) is 0 Å². The second kappa shape index (κ2) is 11.9. The third-order valence-corrected chi connectivity index (χ3v) is 7.25. The number of benzene rings is 2. The number of nitrogens with one attached hydrogen (secondary N) is 2. The average molecular weight is 575 g/mol. The lowest BCUT2D eigenvalue weighted by Crippen LogP contribution is -2.56. The summed E-state index contributed by atoms with van der Waals surface area (Å²) in [6.07, 6.45) is -4.47. The van der Waals surface area contributed by atoms with E-state index >= 15 is 0 Å². The molecule has 220 valence electrons. The van der Waals surface area contributed by atoms with Crippen LogP contribution in [0, 0.1) is 5.92 Å². The fraction of sp³-hybridized carbons (Fsp3) is 0.448. The molecule has 2 aromatic carbocycles. The molecule has 2 heterocycles. The first-order chi connectivity index (χ1) is 19.2. The standard InChI is InChI=1S/C29H33F3N4O5/c1-16(2)13-22(34-27(39)18-5-9-19(10-6-18)35(3)4)28(40)36-23(14-21-25(36)24(37)15-33-21)26(38)17-7-11-20(12-8-17)41-29(30,31)32/h5-12,16,21-23,25,33H,13-15H2,1-4H3,(H,34,39)/t21-,22+,23?,25+/m1/s1. The van der Waals surface area contributed by atoms with E-state index < -0.39 is 53.9 Å². The molecule has 2 saturated heterocycles. The van der Waals surface area contributed by atoms with Gasteiger partial charge in [-0.25, -0.2) is 0 Å². The summed E-state index contributed by atoms with van der Waals surface area (Å²) >= 11 is 0. The summed E-state index contributed by atoms with van der Waals surface area (Å²) in [7, 11) is 3.74. The lowest BCUT2D eigenvalue weighted by molar-refractivity contribution is -0.274. The number of alkyl halides is 3. The van der Waals surface area contributed by atoms with Crippen molar-refractivity contribution in [3.63, 3.8) is 0 Å². The monoisotopic (exact) mass is 574 g/mol. The van der Waals surface area contributed by atoms with Crippen molar-refractivity contribution >= 4 is 29.1 Å². The van der Waals surface area contributed by atoms with Gasteiger partial charge in [-0.05, 0) is 67.3 Å². The summed E-state index contributed by atoms with van der Waals surface area (Å²) in [6, 6.07) is 7.88. The van der Waals surface area contributed by atoms with Crippen molar-refractivity contribution in [3.05, 3.63) is 59.7 Å². The van der Waals surface area contributed by atoms with Gasteiger partial charge in [0.2, 0.25) is 5.91 Å². The van der Waals surface area contributed by atoms with Gasteiger partial charge in [-0.3, -0.25) is 19.2 Å². The maximum Gasteiger partial charge on any atom is 0.573 e. The molecule has 0 saturated carbocycles. The first-order valence-corrected chi connectivity index (χ1v) is 13.3. The van der Waals surface area contributed by atoms with Crippen LogP contribution in [0.15, 0.2) is 48.5 Å². The summed E-state index contributed by atoms with van der Waals surface area (Å²) in [6.45, 7) is 3.82. The Bertz CT molecular complexity index is 1300. The highest BCUT2D eigenvalue weighted by atomic mass is 19.4. The first-order valence-electron chi connectivity index (χ1n) is 13.3. The molecule has 2 N–H and O–H groups in total. The third kappa shape index (κ3) is 6.87. The van der Waals surface area contributed by atoms with Gasteiger partial charge in [0.15, 0.2) is 11.6 Å². The van der Waals surface area contributed by atoms with Crippen molar-refractivity contribution in [2.45, 2.75) is 57.2 Å². The molecule has 0 radical (unpaired) electrons. The van der Waals surface area contributed by atoms with Gasteiger partial charge in [0.25, 0.3) is 5.91 Å². The van der Waals surface area contributed by atoms with E-state index in [1.54, 1.807) is 24.3 Å². The normalized spacial score (nSPS) is 21.0. The largest absolute Gasteiger partial charge is 0.573 e. The number of ether oxygens (including phenoxy) is 1. The van der Waals surface area contributed by atoms with Crippen LogP contribution in [0.2, 0.25) is 0 Å². The van der Waals surface area contributed by atoms with Gasteiger partial charge in [0, 0.05) is 37.0 Å². The SMILES string of the molecule is CC(C)C[C@H](NC(=O)c1ccc(N(C)C)cc1)C(=O)N1C(C(=O)c2ccc(OC(F)(F)F)cc2)C[C@H]2NCC(=O)[C@H]21. The molecule has 4 atom stereocenters. The second-order valence-corrected chi connectivity index (χ2v) is 10.9. The number of amides is 2. The van der Waals surface area contributed by atoms with Crippen LogP contribution in [0.4, 0.5) is 18.9 Å². The molecule has 41 heavy (non-hydrogen) atoms. The molecular weight excluding hydrogens is 541 g/mol. The molecule has 2 aromatic rings. The zero-order chi connectivity index (χ0) is 30.1. The Balaban J connectivity index is 1.60. The number of rotatable bonds is 9. The van der Waals surface area contributed by atoms with Crippen LogP contribution < -0.4 is 20.3 Å². The minimum Gasteiger partial charge on any atom is -0.406 e. The Labute approximate surface area is 236 Å². The van der Waals surface area contributed by atoms with Crippen molar-refractivity contribution < 1.29 is 37.1 Å². The van der Waals surface area contributed by atoms with Crippen molar-refractivity contribution in [2.75, 3.05) is 25.5 Å². The molecule has 12 heteroatoms. The highest BCUT2D eigenvalue weighted by Gasteiger charge is 2.53. The average Bonchev–Trinajstić information content (AvgIpc) is 3.46. The number of nitrogens with zero attached hydrogens (tertiary/aromatic N) is 2. The second-order valence-electron chi connectivity index (χ2n) is 10.9. The maximum atomic E-state index is 14.1. The Morgan fingerprint density at radius 1 is 1.05 bits per heavy atom. The van der Waals surface area contributed by atoms with Crippen LogP contribution in [-0.4, -0.2) is 79.5 Å². The van der Waals surface area contributed by atoms with E-state index in [2.05, 4.69) is 15.4 Å². The van der Waals surface area contributed by atoms with E-state index in [9.17, 15) is 32.3 Å². The molecular formula is C29H33F3N4O5. The lowest BCUT2D eigenvalue weighted by Gasteiger charge is -2.32. The van der Waals surface area contributed by atoms with Crippen LogP contribution in [0.1, 0.15) is 47.4 Å². The van der Waals surface area contributed by atoms with Gasteiger partial charge in [0.1, 0.15) is 17.8 Å². The highest BCUT2D eigenvalue weighted by Crippen LogP contribution is 2.33. The van der Waals surface area contributed by atoms with E-state index in [4.69, 9.17) is 0 Å². The number of ketones is 2. The van der Waals surface area contributed by atoms with Crippen LogP contribution in [0.5, 0.6) is 5.75 Å². The van der Waals surface area contributed by atoms with E-state index in [-0.39, 0.29) is 36.7 Å². The number of halogens is 3. The lowest BCUT2D eigenvalue weighted by atomic mass is 9.98. The quantitative estimate of drug-likeness (QED) is 0.443. The summed E-state index contributed by atoms with van der Waals surface area (Å²) in [5, 5.41) is 5.86. The molecule has 2 aliphatic rings. The maximum absolute atomic E-state index is 14.1. The summed E-state index contributed by atoms with van der Waals surface area (Å²) in [5.74, 6) is -2.29. The molecule has 1 unspecified atom stereocenters. The van der Waals surface area contributed by atoms with Gasteiger partial charge >= 0.3 is 6.36 Å². The number of anilines is 1. The predicted octanol–water partition coefficient (Wildman–Crippen LogP) is 3.19.